The zero-order valence-electron chi connectivity index (χ0n) is 15.8. The molecule has 0 spiro atoms. The van der Waals surface area contributed by atoms with E-state index in [4.69, 9.17) is 4.98 Å². The number of rotatable bonds is 5. The van der Waals surface area contributed by atoms with Gasteiger partial charge in [0.15, 0.2) is 0 Å². The van der Waals surface area contributed by atoms with Gasteiger partial charge in [-0.1, -0.05) is 30.3 Å². The Labute approximate surface area is 168 Å². The standard InChI is InChI=1S/C24H19N5/c1-2-10-23-22(9-1)28-17-29(23)24-18(6-5-13-27-24)14-21(19-7-3-11-25-15-19)20-8-4-12-26-16-20/h1-13,15-17,21H,14H2. The molecule has 0 radical (unpaired) electrons. The fraction of sp³-hybridized carbons (Fsp3) is 0.0833. The van der Waals surface area contributed by atoms with Crippen LogP contribution in [0.25, 0.3) is 16.9 Å². The van der Waals surface area contributed by atoms with Crippen molar-refractivity contribution < 1.29 is 0 Å². The fourth-order valence-electron chi connectivity index (χ4n) is 3.75. The van der Waals surface area contributed by atoms with Gasteiger partial charge in [-0.3, -0.25) is 14.5 Å². The molecule has 4 aromatic heterocycles. The Balaban J connectivity index is 1.61. The lowest BCUT2D eigenvalue weighted by Gasteiger charge is -2.19. The van der Waals surface area contributed by atoms with Crippen LogP contribution in [-0.2, 0) is 6.42 Å². The van der Waals surface area contributed by atoms with Crippen LogP contribution in [0.2, 0.25) is 0 Å². The third kappa shape index (κ3) is 3.38. The highest BCUT2D eigenvalue weighted by molar-refractivity contribution is 5.77. The molecule has 0 unspecified atom stereocenters. The minimum atomic E-state index is 0.134. The number of benzene rings is 1. The van der Waals surface area contributed by atoms with Crippen molar-refractivity contribution in [2.75, 3.05) is 0 Å². The van der Waals surface area contributed by atoms with E-state index in [0.29, 0.717) is 0 Å². The van der Waals surface area contributed by atoms with Crippen molar-refractivity contribution in [1.82, 2.24) is 24.5 Å². The quantitative estimate of drug-likeness (QED) is 0.450. The highest BCUT2D eigenvalue weighted by Crippen LogP contribution is 2.30. The van der Waals surface area contributed by atoms with Crippen molar-refractivity contribution in [2.24, 2.45) is 0 Å². The van der Waals surface area contributed by atoms with Crippen LogP contribution in [0.5, 0.6) is 0 Å². The maximum Gasteiger partial charge on any atom is 0.141 e. The smallest absolute Gasteiger partial charge is 0.141 e. The first kappa shape index (κ1) is 17.3. The summed E-state index contributed by atoms with van der Waals surface area (Å²) < 4.78 is 2.06. The first-order valence-electron chi connectivity index (χ1n) is 9.56. The van der Waals surface area contributed by atoms with Gasteiger partial charge in [0.2, 0.25) is 0 Å². The molecule has 5 aromatic rings. The summed E-state index contributed by atoms with van der Waals surface area (Å²) in [5, 5.41) is 0. The summed E-state index contributed by atoms with van der Waals surface area (Å²) in [6, 6.07) is 20.4. The Hall–Kier alpha value is -3.86. The van der Waals surface area contributed by atoms with E-state index in [0.717, 1.165) is 40.0 Å². The predicted octanol–water partition coefficient (Wildman–Crippen LogP) is 4.59. The fourth-order valence-corrected chi connectivity index (χ4v) is 3.75. The lowest BCUT2D eigenvalue weighted by atomic mass is 9.87. The molecule has 0 fully saturated rings. The van der Waals surface area contributed by atoms with Crippen molar-refractivity contribution in [1.29, 1.82) is 0 Å². The van der Waals surface area contributed by atoms with Gasteiger partial charge in [0.1, 0.15) is 12.1 Å². The van der Waals surface area contributed by atoms with Gasteiger partial charge in [-0.15, -0.1) is 0 Å². The minimum Gasteiger partial charge on any atom is -0.283 e. The zero-order valence-corrected chi connectivity index (χ0v) is 15.8. The largest absolute Gasteiger partial charge is 0.283 e. The molecule has 0 saturated heterocycles. The van der Waals surface area contributed by atoms with E-state index >= 15 is 0 Å². The molecule has 5 nitrogen and oxygen atoms in total. The molecular weight excluding hydrogens is 358 g/mol. The van der Waals surface area contributed by atoms with Crippen LogP contribution in [-0.4, -0.2) is 24.5 Å². The van der Waals surface area contributed by atoms with Crippen LogP contribution < -0.4 is 0 Å². The molecule has 0 amide bonds. The van der Waals surface area contributed by atoms with E-state index < -0.39 is 0 Å². The van der Waals surface area contributed by atoms with E-state index in [-0.39, 0.29) is 5.92 Å². The average molecular weight is 377 g/mol. The van der Waals surface area contributed by atoms with Gasteiger partial charge >= 0.3 is 0 Å². The van der Waals surface area contributed by atoms with Gasteiger partial charge in [0, 0.05) is 36.9 Å². The van der Waals surface area contributed by atoms with E-state index in [1.165, 1.54) is 0 Å². The molecule has 0 aliphatic carbocycles. The van der Waals surface area contributed by atoms with Crippen molar-refractivity contribution >= 4 is 11.0 Å². The third-order valence-corrected chi connectivity index (χ3v) is 5.15. The number of imidazole rings is 1. The van der Waals surface area contributed by atoms with Crippen molar-refractivity contribution in [3.8, 4) is 5.82 Å². The molecule has 0 bridgehead atoms. The summed E-state index contributed by atoms with van der Waals surface area (Å²) in [4.78, 5) is 17.9. The van der Waals surface area contributed by atoms with Crippen LogP contribution in [0.1, 0.15) is 22.6 Å². The molecule has 0 aliphatic heterocycles. The molecular formula is C24H19N5. The first-order chi connectivity index (χ1) is 14.4. The number of aromatic nitrogens is 5. The second-order valence-electron chi connectivity index (χ2n) is 6.92. The summed E-state index contributed by atoms with van der Waals surface area (Å²) in [7, 11) is 0. The zero-order chi connectivity index (χ0) is 19.5. The number of hydrogen-bond donors (Lipinski definition) is 0. The third-order valence-electron chi connectivity index (χ3n) is 5.15. The Morgan fingerprint density at radius 3 is 2.17 bits per heavy atom. The normalized spacial score (nSPS) is 11.2. The van der Waals surface area contributed by atoms with Crippen LogP contribution in [0.3, 0.4) is 0 Å². The van der Waals surface area contributed by atoms with E-state index in [2.05, 4.69) is 43.8 Å². The van der Waals surface area contributed by atoms with Gasteiger partial charge in [-0.2, -0.15) is 0 Å². The molecule has 5 heteroatoms. The van der Waals surface area contributed by atoms with Crippen LogP contribution >= 0.6 is 0 Å². The molecule has 0 saturated carbocycles. The maximum atomic E-state index is 4.70. The number of para-hydroxylation sites is 2. The second-order valence-corrected chi connectivity index (χ2v) is 6.92. The van der Waals surface area contributed by atoms with Gasteiger partial charge < -0.3 is 0 Å². The van der Waals surface area contributed by atoms with Gasteiger partial charge in [-0.25, -0.2) is 9.97 Å². The molecule has 0 atom stereocenters. The average Bonchev–Trinajstić information content (AvgIpc) is 3.23. The maximum absolute atomic E-state index is 4.70. The second kappa shape index (κ2) is 7.64. The Bertz CT molecular complexity index is 1190. The molecule has 140 valence electrons. The molecule has 0 aliphatic rings. The van der Waals surface area contributed by atoms with Crippen molar-refractivity contribution in [3.05, 3.63) is 115 Å². The number of hydrogen-bond acceptors (Lipinski definition) is 4. The summed E-state index contributed by atoms with van der Waals surface area (Å²) >= 11 is 0. The van der Waals surface area contributed by atoms with Gasteiger partial charge in [0.05, 0.1) is 11.0 Å². The van der Waals surface area contributed by atoms with Crippen LogP contribution in [0.4, 0.5) is 0 Å². The molecule has 29 heavy (non-hydrogen) atoms. The van der Waals surface area contributed by atoms with Gasteiger partial charge in [0.25, 0.3) is 0 Å². The molecule has 1 aromatic carbocycles. The Morgan fingerprint density at radius 1 is 0.724 bits per heavy atom. The molecule has 4 heterocycles. The van der Waals surface area contributed by atoms with E-state index in [9.17, 15) is 0 Å². The Morgan fingerprint density at radius 2 is 1.45 bits per heavy atom. The molecule has 5 rings (SSSR count). The lowest BCUT2D eigenvalue weighted by Crippen LogP contribution is -2.09. The SMILES string of the molecule is c1cncc(C(Cc2cccnc2-n2cnc3ccccc32)c2cccnc2)c1. The summed E-state index contributed by atoms with van der Waals surface area (Å²) in [5.74, 6) is 1.04. The van der Waals surface area contributed by atoms with Crippen molar-refractivity contribution in [3.63, 3.8) is 0 Å². The van der Waals surface area contributed by atoms with E-state index in [1.54, 1.807) is 12.4 Å². The van der Waals surface area contributed by atoms with Crippen LogP contribution in [0.15, 0.2) is 98.0 Å². The predicted molar refractivity (Wildman–Crippen MR) is 113 cm³/mol. The first-order valence-corrected chi connectivity index (χ1v) is 9.56. The lowest BCUT2D eigenvalue weighted by molar-refractivity contribution is 0.782. The number of fused-ring (bicyclic) bond motifs is 1. The van der Waals surface area contributed by atoms with Crippen molar-refractivity contribution in [2.45, 2.75) is 12.3 Å². The summed E-state index contributed by atoms with van der Waals surface area (Å²) in [5.41, 5.74) is 5.47. The number of pyridine rings is 3. The monoisotopic (exact) mass is 377 g/mol. The summed E-state index contributed by atoms with van der Waals surface area (Å²) in [6.07, 6.45) is 11.9. The highest BCUT2D eigenvalue weighted by atomic mass is 15.1. The minimum absolute atomic E-state index is 0.134. The topological polar surface area (TPSA) is 56.5 Å². The highest BCUT2D eigenvalue weighted by Gasteiger charge is 2.19. The number of nitrogens with zero attached hydrogens (tertiary/aromatic N) is 5. The van der Waals surface area contributed by atoms with Crippen LogP contribution in [0, 0.1) is 0 Å². The Kier molecular flexibility index (Phi) is 4.54. The summed E-state index contributed by atoms with van der Waals surface area (Å²) in [6.45, 7) is 0. The molecule has 0 N–H and O–H groups in total. The van der Waals surface area contributed by atoms with Gasteiger partial charge in [-0.05, 0) is 53.4 Å². The van der Waals surface area contributed by atoms with E-state index in [1.807, 2.05) is 61.3 Å².